The highest BCUT2D eigenvalue weighted by Crippen LogP contribution is 2.16. The molecule has 2 aromatic rings. The van der Waals surface area contributed by atoms with Crippen LogP contribution < -0.4 is 5.32 Å². The highest BCUT2D eigenvalue weighted by molar-refractivity contribution is 6.30. The molecular formula is C21H24ClN3O2. The zero-order chi connectivity index (χ0) is 19.2. The number of rotatable bonds is 5. The first kappa shape index (κ1) is 19.4. The first-order valence-corrected chi connectivity index (χ1v) is 9.59. The number of carbonyl (C=O) groups is 2. The van der Waals surface area contributed by atoms with E-state index in [0.717, 1.165) is 12.0 Å². The molecule has 2 aromatic carbocycles. The third kappa shape index (κ3) is 5.31. The van der Waals surface area contributed by atoms with Gasteiger partial charge in [0.05, 0.1) is 6.54 Å². The van der Waals surface area contributed by atoms with Crippen molar-refractivity contribution in [3.8, 4) is 0 Å². The summed E-state index contributed by atoms with van der Waals surface area (Å²) in [7, 11) is 0. The molecule has 1 saturated heterocycles. The van der Waals surface area contributed by atoms with Crippen molar-refractivity contribution in [1.29, 1.82) is 0 Å². The normalized spacial score (nSPS) is 14.8. The fourth-order valence-corrected chi connectivity index (χ4v) is 3.29. The van der Waals surface area contributed by atoms with E-state index in [-0.39, 0.29) is 11.8 Å². The van der Waals surface area contributed by atoms with Crippen LogP contribution in [0.2, 0.25) is 5.02 Å². The topological polar surface area (TPSA) is 52.7 Å². The molecule has 0 spiro atoms. The van der Waals surface area contributed by atoms with Crippen LogP contribution in [0.4, 0.5) is 10.5 Å². The van der Waals surface area contributed by atoms with Crippen molar-refractivity contribution in [3.05, 3.63) is 64.7 Å². The molecule has 1 N–H and O–H groups in total. The van der Waals surface area contributed by atoms with Crippen LogP contribution >= 0.6 is 11.6 Å². The first-order chi connectivity index (χ1) is 13.0. The van der Waals surface area contributed by atoms with Gasteiger partial charge in [0.25, 0.3) is 0 Å². The third-order valence-corrected chi connectivity index (χ3v) is 5.02. The second-order valence-electron chi connectivity index (χ2n) is 6.68. The summed E-state index contributed by atoms with van der Waals surface area (Å²) in [6.45, 7) is 5.03. The van der Waals surface area contributed by atoms with E-state index in [1.807, 2.05) is 30.3 Å². The van der Waals surface area contributed by atoms with Gasteiger partial charge in [-0.25, -0.2) is 4.79 Å². The molecule has 0 aromatic heterocycles. The van der Waals surface area contributed by atoms with Gasteiger partial charge in [0.2, 0.25) is 0 Å². The van der Waals surface area contributed by atoms with Crippen LogP contribution in [0.25, 0.3) is 0 Å². The van der Waals surface area contributed by atoms with Crippen molar-refractivity contribution >= 4 is 29.1 Å². The van der Waals surface area contributed by atoms with Gasteiger partial charge in [0.15, 0.2) is 5.78 Å². The molecule has 3 rings (SSSR count). The van der Waals surface area contributed by atoms with E-state index >= 15 is 0 Å². The lowest BCUT2D eigenvalue weighted by molar-refractivity contribution is 0.0884. The number of hydrogen-bond donors (Lipinski definition) is 1. The minimum Gasteiger partial charge on any atom is -0.322 e. The molecule has 0 saturated carbocycles. The molecule has 0 radical (unpaired) electrons. The summed E-state index contributed by atoms with van der Waals surface area (Å²) >= 11 is 5.95. The molecule has 6 heteroatoms. The smallest absolute Gasteiger partial charge is 0.321 e. The fraction of sp³-hybridized carbons (Fsp3) is 0.333. The molecule has 27 heavy (non-hydrogen) atoms. The molecule has 0 bridgehead atoms. The number of Topliss-reactive ketones (excluding diaryl/α,β-unsaturated/α-hetero) is 1. The molecule has 1 aliphatic heterocycles. The van der Waals surface area contributed by atoms with E-state index in [9.17, 15) is 9.59 Å². The number of aryl methyl sites for hydroxylation is 1. The van der Waals surface area contributed by atoms with Crippen molar-refractivity contribution in [1.82, 2.24) is 9.80 Å². The number of piperazine rings is 1. The van der Waals surface area contributed by atoms with E-state index in [1.54, 1.807) is 23.1 Å². The third-order valence-electron chi connectivity index (χ3n) is 4.79. The number of hydrogen-bond acceptors (Lipinski definition) is 3. The zero-order valence-electron chi connectivity index (χ0n) is 15.5. The van der Waals surface area contributed by atoms with E-state index in [1.165, 1.54) is 5.56 Å². The van der Waals surface area contributed by atoms with Crippen LogP contribution in [0.5, 0.6) is 0 Å². The number of ketones is 1. The van der Waals surface area contributed by atoms with Crippen LogP contribution in [0, 0.1) is 0 Å². The SMILES string of the molecule is CCc1ccc(C(=O)CN2CCN(C(=O)Nc3cccc(Cl)c3)CC2)cc1. The Bertz CT molecular complexity index is 799. The molecule has 5 nitrogen and oxygen atoms in total. The molecule has 2 amide bonds. The molecule has 1 heterocycles. The predicted octanol–water partition coefficient (Wildman–Crippen LogP) is 3.93. The summed E-state index contributed by atoms with van der Waals surface area (Å²) in [5.41, 5.74) is 2.65. The van der Waals surface area contributed by atoms with E-state index in [0.29, 0.717) is 43.4 Å². The van der Waals surface area contributed by atoms with Gasteiger partial charge in [-0.05, 0) is 30.2 Å². The Morgan fingerprint density at radius 3 is 2.37 bits per heavy atom. The Kier molecular flexibility index (Phi) is 6.48. The number of anilines is 1. The van der Waals surface area contributed by atoms with Crippen LogP contribution in [-0.2, 0) is 6.42 Å². The van der Waals surface area contributed by atoms with Crippen LogP contribution in [0.1, 0.15) is 22.8 Å². The van der Waals surface area contributed by atoms with Crippen molar-refractivity contribution in [3.63, 3.8) is 0 Å². The van der Waals surface area contributed by atoms with Crippen LogP contribution in [-0.4, -0.2) is 54.3 Å². The van der Waals surface area contributed by atoms with Gasteiger partial charge < -0.3 is 10.2 Å². The Hall–Kier alpha value is -2.37. The Morgan fingerprint density at radius 2 is 1.74 bits per heavy atom. The summed E-state index contributed by atoms with van der Waals surface area (Å²) < 4.78 is 0. The van der Waals surface area contributed by atoms with Gasteiger partial charge in [-0.2, -0.15) is 0 Å². The number of halogens is 1. The lowest BCUT2D eigenvalue weighted by Crippen LogP contribution is -2.51. The minimum atomic E-state index is -0.140. The molecule has 1 fully saturated rings. The Morgan fingerprint density at radius 1 is 1.04 bits per heavy atom. The number of amides is 2. The highest BCUT2D eigenvalue weighted by Gasteiger charge is 2.22. The molecule has 0 atom stereocenters. The minimum absolute atomic E-state index is 0.120. The van der Waals surface area contributed by atoms with Gasteiger partial charge in [0.1, 0.15) is 0 Å². The Balaban J connectivity index is 1.48. The molecular weight excluding hydrogens is 362 g/mol. The fourth-order valence-electron chi connectivity index (χ4n) is 3.10. The quantitative estimate of drug-likeness (QED) is 0.793. The van der Waals surface area contributed by atoms with Crippen molar-refractivity contribution < 1.29 is 9.59 Å². The van der Waals surface area contributed by atoms with Crippen molar-refractivity contribution in [2.45, 2.75) is 13.3 Å². The van der Waals surface area contributed by atoms with Gasteiger partial charge in [0, 0.05) is 42.5 Å². The average molecular weight is 386 g/mol. The summed E-state index contributed by atoms with van der Waals surface area (Å²) in [5, 5.41) is 3.45. The summed E-state index contributed by atoms with van der Waals surface area (Å²) in [6, 6.07) is 14.8. The van der Waals surface area contributed by atoms with Crippen molar-refractivity contribution in [2.75, 3.05) is 38.0 Å². The molecule has 142 valence electrons. The molecule has 0 aliphatic carbocycles. The van der Waals surface area contributed by atoms with E-state index in [2.05, 4.69) is 17.1 Å². The van der Waals surface area contributed by atoms with Gasteiger partial charge in [-0.15, -0.1) is 0 Å². The molecule has 0 unspecified atom stereocenters. The van der Waals surface area contributed by atoms with Crippen LogP contribution in [0.15, 0.2) is 48.5 Å². The lowest BCUT2D eigenvalue weighted by atomic mass is 10.1. The van der Waals surface area contributed by atoms with Gasteiger partial charge in [-0.1, -0.05) is 48.9 Å². The van der Waals surface area contributed by atoms with Crippen molar-refractivity contribution in [2.24, 2.45) is 0 Å². The number of nitrogens with zero attached hydrogens (tertiary/aromatic N) is 2. The number of nitrogens with one attached hydrogen (secondary N) is 1. The number of benzene rings is 2. The maximum absolute atomic E-state index is 12.5. The number of carbonyl (C=O) groups excluding carboxylic acids is 2. The zero-order valence-corrected chi connectivity index (χ0v) is 16.2. The van der Waals surface area contributed by atoms with E-state index in [4.69, 9.17) is 11.6 Å². The maximum Gasteiger partial charge on any atom is 0.321 e. The average Bonchev–Trinajstić information content (AvgIpc) is 2.68. The number of urea groups is 1. The maximum atomic E-state index is 12.5. The monoisotopic (exact) mass is 385 g/mol. The second-order valence-corrected chi connectivity index (χ2v) is 7.11. The molecule has 1 aliphatic rings. The predicted molar refractivity (Wildman–Crippen MR) is 109 cm³/mol. The summed E-state index contributed by atoms with van der Waals surface area (Å²) in [6.07, 6.45) is 0.966. The first-order valence-electron chi connectivity index (χ1n) is 9.21. The highest BCUT2D eigenvalue weighted by atomic mass is 35.5. The van der Waals surface area contributed by atoms with Gasteiger partial charge >= 0.3 is 6.03 Å². The largest absolute Gasteiger partial charge is 0.322 e. The van der Waals surface area contributed by atoms with Gasteiger partial charge in [-0.3, -0.25) is 9.69 Å². The standard InChI is InChI=1S/C21H24ClN3O2/c1-2-16-6-8-17(9-7-16)20(26)15-24-10-12-25(13-11-24)21(27)23-19-5-3-4-18(22)14-19/h3-9,14H,2,10-13,15H2,1H3,(H,23,27). The van der Waals surface area contributed by atoms with Crippen LogP contribution in [0.3, 0.4) is 0 Å². The summed E-state index contributed by atoms with van der Waals surface area (Å²) in [4.78, 5) is 28.7. The lowest BCUT2D eigenvalue weighted by Gasteiger charge is -2.34. The second kappa shape index (κ2) is 9.02. The summed E-state index contributed by atoms with van der Waals surface area (Å²) in [5.74, 6) is 0.120. The Labute approximate surface area is 164 Å². The van der Waals surface area contributed by atoms with E-state index < -0.39 is 0 Å².